The second kappa shape index (κ2) is 12.6. The summed E-state index contributed by atoms with van der Waals surface area (Å²) in [6, 6.07) is 0.112. The molecule has 0 aromatic carbocycles. The molecule has 0 saturated carbocycles. The van der Waals surface area contributed by atoms with Gasteiger partial charge in [0.05, 0.1) is 6.61 Å². The van der Waals surface area contributed by atoms with Crippen LogP contribution in [0.3, 0.4) is 0 Å². The molecule has 0 rings (SSSR count). The van der Waals surface area contributed by atoms with Gasteiger partial charge in [-0.3, -0.25) is 4.79 Å². The average Bonchev–Trinajstić information content (AvgIpc) is 2.32. The molecule has 3 heteroatoms. The zero-order valence-electron chi connectivity index (χ0n) is 12.0. The largest absolute Gasteiger partial charge is 0.383 e. The number of unbranched alkanes of at least 4 members (excludes halogenated alkanes) is 6. The third kappa shape index (κ3) is 11.6. The normalized spacial score (nSPS) is 12.1. The van der Waals surface area contributed by atoms with E-state index in [-0.39, 0.29) is 11.9 Å². The summed E-state index contributed by atoms with van der Waals surface area (Å²) in [5.74, 6) is 0.145. The number of rotatable bonds is 12. The lowest BCUT2D eigenvalue weighted by atomic mass is 10.1. The summed E-state index contributed by atoms with van der Waals surface area (Å²) < 4.78 is 4.97. The number of hydrogen-bond acceptors (Lipinski definition) is 2. The van der Waals surface area contributed by atoms with Crippen LogP contribution in [0.25, 0.3) is 0 Å². The van der Waals surface area contributed by atoms with E-state index in [4.69, 9.17) is 4.74 Å². The van der Waals surface area contributed by atoms with Gasteiger partial charge in [-0.05, 0) is 26.2 Å². The molecule has 0 saturated heterocycles. The van der Waals surface area contributed by atoms with Crippen LogP contribution in [0.5, 0.6) is 0 Å². The van der Waals surface area contributed by atoms with Crippen LogP contribution < -0.4 is 5.32 Å². The Bertz CT molecular complexity index is 217. The van der Waals surface area contributed by atoms with Crippen LogP contribution in [0.1, 0.15) is 58.3 Å². The fourth-order valence-corrected chi connectivity index (χ4v) is 1.92. The zero-order chi connectivity index (χ0) is 13.6. The van der Waals surface area contributed by atoms with E-state index in [1.165, 1.54) is 25.7 Å². The van der Waals surface area contributed by atoms with Crippen molar-refractivity contribution in [2.24, 2.45) is 0 Å². The van der Waals surface area contributed by atoms with E-state index in [1.54, 1.807) is 7.11 Å². The first-order chi connectivity index (χ1) is 8.70. The molecule has 0 aromatic rings. The van der Waals surface area contributed by atoms with Crippen LogP contribution in [0.2, 0.25) is 0 Å². The minimum atomic E-state index is 0.112. The van der Waals surface area contributed by atoms with Gasteiger partial charge < -0.3 is 10.1 Å². The molecule has 0 spiro atoms. The van der Waals surface area contributed by atoms with Crippen molar-refractivity contribution >= 4 is 5.91 Å². The quantitative estimate of drug-likeness (QED) is 0.428. The van der Waals surface area contributed by atoms with Crippen LogP contribution in [0, 0.1) is 0 Å². The molecule has 3 nitrogen and oxygen atoms in total. The van der Waals surface area contributed by atoms with Crippen LogP contribution in [0.4, 0.5) is 0 Å². The lowest BCUT2D eigenvalue weighted by Crippen LogP contribution is -2.35. The van der Waals surface area contributed by atoms with Crippen molar-refractivity contribution in [1.82, 2.24) is 5.32 Å². The molecule has 0 aliphatic heterocycles. The fourth-order valence-electron chi connectivity index (χ4n) is 1.92. The molecule has 0 bridgehead atoms. The summed E-state index contributed by atoms with van der Waals surface area (Å²) in [5.41, 5.74) is 0. The summed E-state index contributed by atoms with van der Waals surface area (Å²) in [7, 11) is 1.65. The lowest BCUT2D eigenvalue weighted by Gasteiger charge is -2.12. The molecule has 0 aromatic heterocycles. The predicted octanol–water partition coefficient (Wildman–Crippen LogP) is 3.44. The molecule has 0 radical (unpaired) electrons. The third-order valence-electron chi connectivity index (χ3n) is 2.89. The van der Waals surface area contributed by atoms with Crippen molar-refractivity contribution < 1.29 is 9.53 Å². The van der Waals surface area contributed by atoms with E-state index in [0.29, 0.717) is 13.0 Å². The first kappa shape index (κ1) is 17.2. The monoisotopic (exact) mass is 255 g/mol. The lowest BCUT2D eigenvalue weighted by molar-refractivity contribution is -0.122. The first-order valence-corrected chi connectivity index (χ1v) is 7.10. The number of methoxy groups -OCH3 is 1. The molecule has 1 amide bonds. The number of hydrogen-bond donors (Lipinski definition) is 1. The maximum atomic E-state index is 11.5. The summed E-state index contributed by atoms with van der Waals surface area (Å²) in [4.78, 5) is 11.5. The number of carbonyl (C=O) groups excluding carboxylic acids is 1. The molecule has 0 aliphatic carbocycles. The van der Waals surface area contributed by atoms with Crippen molar-refractivity contribution in [2.45, 2.75) is 64.3 Å². The first-order valence-electron chi connectivity index (χ1n) is 7.10. The summed E-state index contributed by atoms with van der Waals surface area (Å²) in [6.45, 7) is 6.25. The maximum Gasteiger partial charge on any atom is 0.220 e. The highest BCUT2D eigenvalue weighted by Crippen LogP contribution is 2.08. The molecule has 106 valence electrons. The van der Waals surface area contributed by atoms with E-state index in [9.17, 15) is 4.79 Å². The van der Waals surface area contributed by atoms with Crippen molar-refractivity contribution in [3.63, 3.8) is 0 Å². The van der Waals surface area contributed by atoms with Crippen molar-refractivity contribution in [3.05, 3.63) is 12.7 Å². The summed E-state index contributed by atoms with van der Waals surface area (Å²) in [6.07, 6.45) is 10.9. The van der Waals surface area contributed by atoms with Gasteiger partial charge >= 0.3 is 0 Å². The Morgan fingerprint density at radius 3 is 2.44 bits per heavy atom. The van der Waals surface area contributed by atoms with Gasteiger partial charge in [-0.25, -0.2) is 0 Å². The maximum absolute atomic E-state index is 11.5. The number of carbonyl (C=O) groups is 1. The smallest absolute Gasteiger partial charge is 0.220 e. The predicted molar refractivity (Wildman–Crippen MR) is 76.6 cm³/mol. The standard InChI is InChI=1S/C15H29NO2/c1-4-5-6-7-8-9-10-11-12-15(17)16-14(2)13-18-3/h4,14H,1,5-13H2,2-3H3,(H,16,17)/t14-/m1/s1. The van der Waals surface area contributed by atoms with Gasteiger partial charge in [-0.1, -0.05) is 31.8 Å². The Hall–Kier alpha value is -0.830. The van der Waals surface area contributed by atoms with Crippen LogP contribution in [0.15, 0.2) is 12.7 Å². The minimum absolute atomic E-state index is 0.112. The van der Waals surface area contributed by atoms with E-state index in [0.717, 1.165) is 19.3 Å². The molecule has 0 unspecified atom stereocenters. The highest BCUT2D eigenvalue weighted by atomic mass is 16.5. The van der Waals surface area contributed by atoms with E-state index in [1.807, 2.05) is 13.0 Å². The molecular weight excluding hydrogens is 226 g/mol. The molecule has 1 N–H and O–H groups in total. The highest BCUT2D eigenvalue weighted by molar-refractivity contribution is 5.76. The summed E-state index contributed by atoms with van der Waals surface area (Å²) >= 11 is 0. The van der Waals surface area contributed by atoms with Gasteiger partial charge in [0.2, 0.25) is 5.91 Å². The van der Waals surface area contributed by atoms with Crippen LogP contribution in [-0.2, 0) is 9.53 Å². The van der Waals surface area contributed by atoms with Crippen LogP contribution >= 0.6 is 0 Å². The van der Waals surface area contributed by atoms with Gasteiger partial charge in [0, 0.05) is 19.6 Å². The molecular formula is C15H29NO2. The van der Waals surface area contributed by atoms with Crippen molar-refractivity contribution in [1.29, 1.82) is 0 Å². The Balaban J connectivity index is 3.27. The van der Waals surface area contributed by atoms with Gasteiger partial charge in [0.25, 0.3) is 0 Å². The molecule has 0 aliphatic rings. The Kier molecular flexibility index (Phi) is 12.0. The Morgan fingerprint density at radius 2 is 1.83 bits per heavy atom. The third-order valence-corrected chi connectivity index (χ3v) is 2.89. The molecule has 18 heavy (non-hydrogen) atoms. The van der Waals surface area contributed by atoms with E-state index < -0.39 is 0 Å². The number of nitrogens with one attached hydrogen (secondary N) is 1. The zero-order valence-corrected chi connectivity index (χ0v) is 12.0. The Labute approximate surface area is 112 Å². The van der Waals surface area contributed by atoms with Gasteiger partial charge in [0.15, 0.2) is 0 Å². The number of allylic oxidation sites excluding steroid dienone is 1. The fraction of sp³-hybridized carbons (Fsp3) is 0.800. The second-order valence-electron chi connectivity index (χ2n) is 4.87. The summed E-state index contributed by atoms with van der Waals surface area (Å²) in [5, 5.41) is 2.92. The van der Waals surface area contributed by atoms with Crippen molar-refractivity contribution in [3.8, 4) is 0 Å². The second-order valence-corrected chi connectivity index (χ2v) is 4.87. The SMILES string of the molecule is C=CCCCCCCCCC(=O)N[C@H](C)COC. The average molecular weight is 255 g/mol. The minimum Gasteiger partial charge on any atom is -0.383 e. The van der Waals surface area contributed by atoms with E-state index in [2.05, 4.69) is 11.9 Å². The molecule has 0 heterocycles. The number of ether oxygens (including phenoxy) is 1. The molecule has 0 fully saturated rings. The van der Waals surface area contributed by atoms with Crippen molar-refractivity contribution in [2.75, 3.05) is 13.7 Å². The molecule has 1 atom stereocenters. The van der Waals surface area contributed by atoms with Gasteiger partial charge in [0.1, 0.15) is 0 Å². The number of amides is 1. The van der Waals surface area contributed by atoms with Crippen LogP contribution in [-0.4, -0.2) is 25.7 Å². The van der Waals surface area contributed by atoms with E-state index >= 15 is 0 Å². The van der Waals surface area contributed by atoms with Gasteiger partial charge in [-0.15, -0.1) is 6.58 Å². The highest BCUT2D eigenvalue weighted by Gasteiger charge is 2.05. The topological polar surface area (TPSA) is 38.3 Å². The van der Waals surface area contributed by atoms with Gasteiger partial charge in [-0.2, -0.15) is 0 Å². The Morgan fingerprint density at radius 1 is 1.22 bits per heavy atom.